The van der Waals surface area contributed by atoms with E-state index >= 15 is 0 Å². The molecule has 6 nitrogen and oxygen atoms in total. The topological polar surface area (TPSA) is 93.8 Å². The summed E-state index contributed by atoms with van der Waals surface area (Å²) in [6, 6.07) is 10.7. The fourth-order valence-electron chi connectivity index (χ4n) is 3.08. The molecule has 0 radical (unpaired) electrons. The molecule has 0 saturated heterocycles. The van der Waals surface area contributed by atoms with Crippen LogP contribution < -0.4 is 11.1 Å². The number of nitrogens with two attached hydrogens (primary N) is 1. The second kappa shape index (κ2) is 7.56. The molecular weight excluding hydrogens is 388 g/mol. The number of nitrogens with zero attached hydrogens (tertiary/aromatic N) is 3. The number of carbonyl (C=O) groups excluding carboxylic acids is 1. The van der Waals surface area contributed by atoms with Crippen LogP contribution in [-0.4, -0.2) is 21.1 Å². The van der Waals surface area contributed by atoms with Gasteiger partial charge in [-0.25, -0.2) is 4.98 Å². The minimum atomic E-state index is -0.512. The maximum Gasteiger partial charge on any atom is 0.263 e. The number of amides is 1. The third kappa shape index (κ3) is 3.54. The van der Waals surface area contributed by atoms with Crippen LogP contribution in [0.15, 0.2) is 42.6 Å². The molecule has 1 amide bonds. The van der Waals surface area contributed by atoms with Gasteiger partial charge < -0.3 is 11.1 Å². The Morgan fingerprint density at radius 3 is 2.66 bits per heavy atom. The van der Waals surface area contributed by atoms with E-state index in [9.17, 15) is 9.18 Å². The Morgan fingerprint density at radius 2 is 1.93 bits per heavy atom. The highest BCUT2D eigenvalue weighted by molar-refractivity contribution is 7.21. The number of thiophene rings is 1. The molecule has 0 aliphatic heterocycles. The molecule has 4 rings (SSSR count). The van der Waals surface area contributed by atoms with E-state index in [1.807, 2.05) is 26.0 Å². The molecule has 0 atom stereocenters. The number of aromatic nitrogens is 3. The van der Waals surface area contributed by atoms with Gasteiger partial charge in [0.15, 0.2) is 0 Å². The summed E-state index contributed by atoms with van der Waals surface area (Å²) in [6.45, 7) is 4.11. The van der Waals surface area contributed by atoms with Crippen molar-refractivity contribution >= 4 is 33.1 Å². The summed E-state index contributed by atoms with van der Waals surface area (Å²) >= 11 is 1.23. The van der Waals surface area contributed by atoms with E-state index in [2.05, 4.69) is 20.5 Å². The molecule has 0 fully saturated rings. The fourth-order valence-corrected chi connectivity index (χ4v) is 4.09. The smallest absolute Gasteiger partial charge is 0.263 e. The first-order valence-electron chi connectivity index (χ1n) is 8.95. The lowest BCUT2D eigenvalue weighted by molar-refractivity contribution is 0.0956. The van der Waals surface area contributed by atoms with Gasteiger partial charge in [-0.05, 0) is 42.7 Å². The molecule has 3 N–H and O–H groups in total. The van der Waals surface area contributed by atoms with Crippen LogP contribution in [0.3, 0.4) is 0 Å². The molecular formula is C21H18FN5OS. The summed E-state index contributed by atoms with van der Waals surface area (Å²) in [6.07, 6.45) is 1.41. The molecule has 0 aliphatic rings. The molecule has 29 heavy (non-hydrogen) atoms. The van der Waals surface area contributed by atoms with E-state index in [1.165, 1.54) is 17.5 Å². The average molecular weight is 406 g/mol. The third-order valence-corrected chi connectivity index (χ3v) is 5.91. The highest BCUT2D eigenvalue weighted by Crippen LogP contribution is 2.34. The van der Waals surface area contributed by atoms with Crippen LogP contribution >= 0.6 is 11.3 Å². The molecule has 146 valence electrons. The van der Waals surface area contributed by atoms with Gasteiger partial charge in [0.2, 0.25) is 5.95 Å². The van der Waals surface area contributed by atoms with Crippen molar-refractivity contribution < 1.29 is 9.18 Å². The van der Waals surface area contributed by atoms with Crippen LogP contribution in [0.5, 0.6) is 0 Å². The number of hydrogen-bond donors (Lipinski definition) is 2. The van der Waals surface area contributed by atoms with Gasteiger partial charge in [0.05, 0.1) is 11.4 Å². The van der Waals surface area contributed by atoms with Crippen LogP contribution in [0.1, 0.15) is 26.5 Å². The largest absolute Gasteiger partial charge is 0.397 e. The Kier molecular flexibility index (Phi) is 4.94. The van der Waals surface area contributed by atoms with Gasteiger partial charge in [-0.3, -0.25) is 4.79 Å². The molecule has 1 aromatic carbocycles. The fraction of sp³-hybridized carbons (Fsp3) is 0.143. The quantitative estimate of drug-likeness (QED) is 0.499. The van der Waals surface area contributed by atoms with Crippen LogP contribution in [0.2, 0.25) is 0 Å². The number of hydrogen-bond acceptors (Lipinski definition) is 6. The lowest BCUT2D eigenvalue weighted by Crippen LogP contribution is -2.22. The number of carbonyl (C=O) groups is 1. The highest BCUT2D eigenvalue weighted by Gasteiger charge is 2.19. The molecule has 0 saturated carbocycles. The Hall–Kier alpha value is -3.39. The Balaban J connectivity index is 1.50. The van der Waals surface area contributed by atoms with Crippen molar-refractivity contribution in [2.24, 2.45) is 0 Å². The van der Waals surface area contributed by atoms with Gasteiger partial charge in [-0.15, -0.1) is 16.4 Å². The van der Waals surface area contributed by atoms with Gasteiger partial charge >= 0.3 is 0 Å². The molecule has 0 spiro atoms. The van der Waals surface area contributed by atoms with E-state index in [-0.39, 0.29) is 5.91 Å². The molecule has 0 bridgehead atoms. The third-order valence-electron chi connectivity index (χ3n) is 4.82. The number of pyridine rings is 1. The van der Waals surface area contributed by atoms with Crippen molar-refractivity contribution in [1.29, 1.82) is 0 Å². The lowest BCUT2D eigenvalue weighted by Gasteiger charge is -2.07. The van der Waals surface area contributed by atoms with Crippen molar-refractivity contribution in [2.75, 3.05) is 5.73 Å². The van der Waals surface area contributed by atoms with E-state index in [0.29, 0.717) is 27.5 Å². The predicted molar refractivity (Wildman–Crippen MR) is 112 cm³/mol. The second-order valence-corrected chi connectivity index (χ2v) is 7.66. The van der Waals surface area contributed by atoms with Gasteiger partial charge in [-0.2, -0.15) is 9.49 Å². The summed E-state index contributed by atoms with van der Waals surface area (Å²) in [7, 11) is 0. The van der Waals surface area contributed by atoms with Crippen LogP contribution in [0.4, 0.5) is 10.1 Å². The normalized spacial score (nSPS) is 11.0. The minimum absolute atomic E-state index is 0.259. The first-order valence-corrected chi connectivity index (χ1v) is 9.77. The van der Waals surface area contributed by atoms with E-state index in [0.717, 1.165) is 27.8 Å². The first-order chi connectivity index (χ1) is 14.0. The van der Waals surface area contributed by atoms with Crippen molar-refractivity contribution in [3.05, 3.63) is 70.2 Å². The van der Waals surface area contributed by atoms with Gasteiger partial charge in [-0.1, -0.05) is 24.3 Å². The standard InChI is InChI=1S/C21H18FN5OS/c1-11-12(2)26-27-21-16(11)17(23)18(29-21)20(28)25-10-13-5-7-14(8-6-13)15-4-3-9-24-19(15)22/h3-9H,10,23H2,1-2H3,(H,25,28)/i22-1. The number of nitrogens with one attached hydrogen (secondary N) is 1. The lowest BCUT2D eigenvalue weighted by atomic mass is 10.1. The summed E-state index contributed by atoms with van der Waals surface area (Å²) in [4.78, 5) is 17.4. The van der Waals surface area contributed by atoms with E-state index in [1.54, 1.807) is 24.3 Å². The van der Waals surface area contributed by atoms with Crippen molar-refractivity contribution in [2.45, 2.75) is 20.4 Å². The average Bonchev–Trinajstić information content (AvgIpc) is 3.07. The molecule has 8 heteroatoms. The molecule has 0 aliphatic carbocycles. The second-order valence-electron chi connectivity index (χ2n) is 6.66. The Bertz CT molecular complexity index is 1220. The molecule has 3 heterocycles. The number of anilines is 1. The zero-order chi connectivity index (χ0) is 20.5. The zero-order valence-electron chi connectivity index (χ0n) is 15.9. The van der Waals surface area contributed by atoms with Gasteiger partial charge in [0.25, 0.3) is 5.91 Å². The Labute approximate surface area is 170 Å². The highest BCUT2D eigenvalue weighted by atomic mass is 32.1. The van der Waals surface area contributed by atoms with Gasteiger partial charge in [0.1, 0.15) is 9.71 Å². The van der Waals surface area contributed by atoms with Crippen molar-refractivity contribution in [3.63, 3.8) is 0 Å². The maximum atomic E-state index is 13.8. The number of fused-ring (bicyclic) bond motifs is 1. The van der Waals surface area contributed by atoms with Crippen molar-refractivity contribution in [1.82, 2.24) is 20.5 Å². The summed E-state index contributed by atoms with van der Waals surface area (Å²) in [5, 5.41) is 11.9. The molecule has 0 unspecified atom stereocenters. The van der Waals surface area contributed by atoms with E-state index < -0.39 is 5.95 Å². The predicted octanol–water partition coefficient (Wildman–Crippen LogP) is 4.02. The monoisotopic (exact) mass is 406 g/mol. The zero-order valence-corrected chi connectivity index (χ0v) is 16.7. The SMILES string of the molecule is Cc1nnc2sc(C(=O)NCc3ccc(-c4cccnc4[18F])cc3)c(N)c2c1C. The number of benzene rings is 1. The number of aryl methyl sites for hydroxylation is 2. The number of halogens is 1. The Morgan fingerprint density at radius 1 is 1.17 bits per heavy atom. The number of rotatable bonds is 4. The van der Waals surface area contributed by atoms with Crippen LogP contribution in [0, 0.1) is 19.8 Å². The van der Waals surface area contributed by atoms with Crippen LogP contribution in [-0.2, 0) is 6.54 Å². The maximum absolute atomic E-state index is 13.8. The molecule has 3 aromatic heterocycles. The molecule has 4 aromatic rings. The summed E-state index contributed by atoms with van der Waals surface area (Å²) < 4.78 is 13.8. The van der Waals surface area contributed by atoms with Gasteiger partial charge in [0, 0.05) is 23.7 Å². The summed E-state index contributed by atoms with van der Waals surface area (Å²) in [5.41, 5.74) is 10.4. The minimum Gasteiger partial charge on any atom is -0.397 e. The number of nitrogen functional groups attached to an aromatic ring is 1. The van der Waals surface area contributed by atoms with E-state index in [4.69, 9.17) is 5.73 Å². The van der Waals surface area contributed by atoms with Crippen molar-refractivity contribution in [3.8, 4) is 11.1 Å². The first kappa shape index (κ1) is 18.9. The summed E-state index contributed by atoms with van der Waals surface area (Å²) in [5.74, 6) is -0.771. The van der Waals surface area contributed by atoms with Crippen LogP contribution in [0.25, 0.3) is 21.3 Å².